The van der Waals surface area contributed by atoms with Gasteiger partial charge in [-0.15, -0.1) is 10.1 Å². The number of nitrogens with two attached hydrogens (primary N) is 1. The minimum absolute atomic E-state index is 0.101. The molecule has 0 aromatic rings. The van der Waals surface area contributed by atoms with E-state index < -0.39 is 10.7 Å². The first kappa shape index (κ1) is 11.3. The maximum atomic E-state index is 10.7. The number of hydrogen-bond donors (Lipinski definition) is 1. The summed E-state index contributed by atoms with van der Waals surface area (Å²) in [4.78, 5) is 15.8. The maximum Gasteiger partial charge on any atom is 0.295 e. The fourth-order valence-corrected chi connectivity index (χ4v) is 5.53. The van der Waals surface area contributed by atoms with Gasteiger partial charge in [0.2, 0.25) is 0 Å². The van der Waals surface area contributed by atoms with Gasteiger partial charge in [-0.05, 0) is 61.8 Å². The van der Waals surface area contributed by atoms with Crippen LogP contribution < -0.4 is 5.73 Å². The standard InChI is InChI=1S/C12H20N2O3/c1-10-2-9-3-11(5-10,8-13)7-12(4-9,6-10)17-14(15)16/h9H,2-8,13H2,1H3. The Labute approximate surface area is 101 Å². The molecular weight excluding hydrogens is 220 g/mol. The van der Waals surface area contributed by atoms with Crippen LogP contribution in [0.3, 0.4) is 0 Å². The van der Waals surface area contributed by atoms with Crippen LogP contribution in [0.25, 0.3) is 0 Å². The van der Waals surface area contributed by atoms with Crippen molar-refractivity contribution in [1.82, 2.24) is 0 Å². The first-order chi connectivity index (χ1) is 7.88. The van der Waals surface area contributed by atoms with E-state index in [9.17, 15) is 10.1 Å². The minimum atomic E-state index is -0.597. The van der Waals surface area contributed by atoms with Crippen LogP contribution in [0.5, 0.6) is 0 Å². The lowest BCUT2D eigenvalue weighted by atomic mass is 9.43. The van der Waals surface area contributed by atoms with E-state index in [-0.39, 0.29) is 10.8 Å². The van der Waals surface area contributed by atoms with Crippen LogP contribution in [-0.2, 0) is 4.84 Å². The van der Waals surface area contributed by atoms with E-state index in [0.717, 1.165) is 32.1 Å². The zero-order valence-corrected chi connectivity index (χ0v) is 10.3. The van der Waals surface area contributed by atoms with Gasteiger partial charge in [0, 0.05) is 0 Å². The SMILES string of the molecule is CC12CC3CC(CN)(C1)CC(O[N+](=O)[O-])(C3)C2. The molecule has 4 rings (SSSR count). The molecule has 2 N–H and O–H groups in total. The van der Waals surface area contributed by atoms with Crippen LogP contribution in [0.2, 0.25) is 0 Å². The molecule has 0 spiro atoms. The molecule has 4 saturated carbocycles. The van der Waals surface area contributed by atoms with Gasteiger partial charge in [-0.25, -0.2) is 0 Å². The molecule has 5 heteroatoms. The van der Waals surface area contributed by atoms with Crippen molar-refractivity contribution in [2.24, 2.45) is 22.5 Å². The first-order valence-electron chi connectivity index (χ1n) is 6.42. The van der Waals surface area contributed by atoms with E-state index in [1.807, 2.05) is 0 Å². The summed E-state index contributed by atoms with van der Waals surface area (Å²) in [6, 6.07) is 0. The average molecular weight is 240 g/mol. The highest BCUT2D eigenvalue weighted by atomic mass is 17.0. The van der Waals surface area contributed by atoms with Gasteiger partial charge >= 0.3 is 0 Å². The Bertz CT molecular complexity index is 375. The largest absolute Gasteiger partial charge is 0.330 e. The Morgan fingerprint density at radius 1 is 1.35 bits per heavy atom. The Hall–Kier alpha value is -0.840. The second-order valence-electron chi connectivity index (χ2n) is 7.02. The Morgan fingerprint density at radius 3 is 2.71 bits per heavy atom. The lowest BCUT2D eigenvalue weighted by molar-refractivity contribution is -0.786. The molecule has 4 bridgehead atoms. The summed E-state index contributed by atoms with van der Waals surface area (Å²) in [5.74, 6) is 0.569. The van der Waals surface area contributed by atoms with Crippen molar-refractivity contribution in [2.45, 2.75) is 51.0 Å². The molecule has 0 amide bonds. The Morgan fingerprint density at radius 2 is 2.12 bits per heavy atom. The van der Waals surface area contributed by atoms with Crippen molar-refractivity contribution < 1.29 is 9.92 Å². The monoisotopic (exact) mass is 240 g/mol. The van der Waals surface area contributed by atoms with Gasteiger partial charge in [-0.1, -0.05) is 6.92 Å². The lowest BCUT2D eigenvalue weighted by Crippen LogP contribution is -2.62. The van der Waals surface area contributed by atoms with Crippen LogP contribution in [0.4, 0.5) is 0 Å². The highest BCUT2D eigenvalue weighted by Crippen LogP contribution is 2.67. The summed E-state index contributed by atoms with van der Waals surface area (Å²) >= 11 is 0. The molecule has 4 aliphatic rings. The zero-order valence-electron chi connectivity index (χ0n) is 10.3. The van der Waals surface area contributed by atoms with Gasteiger partial charge in [0.1, 0.15) is 5.60 Å². The molecule has 4 aliphatic carbocycles. The van der Waals surface area contributed by atoms with Gasteiger partial charge in [0.05, 0.1) is 0 Å². The third-order valence-corrected chi connectivity index (χ3v) is 5.11. The van der Waals surface area contributed by atoms with Crippen LogP contribution in [0, 0.1) is 26.9 Å². The molecule has 17 heavy (non-hydrogen) atoms. The Balaban J connectivity index is 1.95. The van der Waals surface area contributed by atoms with E-state index in [1.165, 1.54) is 6.42 Å². The van der Waals surface area contributed by atoms with Crippen LogP contribution in [0.15, 0.2) is 0 Å². The van der Waals surface area contributed by atoms with Crippen molar-refractivity contribution in [3.8, 4) is 0 Å². The molecular formula is C12H20N2O3. The van der Waals surface area contributed by atoms with Gasteiger partial charge < -0.3 is 10.6 Å². The Kier molecular flexibility index (Phi) is 2.07. The number of hydrogen-bond acceptors (Lipinski definition) is 4. The molecule has 0 aromatic carbocycles. The van der Waals surface area contributed by atoms with Crippen molar-refractivity contribution >= 4 is 0 Å². The summed E-state index contributed by atoms with van der Waals surface area (Å²) in [5.41, 5.74) is 5.72. The van der Waals surface area contributed by atoms with Gasteiger partial charge in [0.25, 0.3) is 5.09 Å². The van der Waals surface area contributed by atoms with Crippen molar-refractivity contribution in [3.05, 3.63) is 10.1 Å². The molecule has 4 unspecified atom stereocenters. The van der Waals surface area contributed by atoms with E-state index in [0.29, 0.717) is 12.5 Å². The highest BCUT2D eigenvalue weighted by molar-refractivity contribution is 5.13. The number of rotatable bonds is 3. The van der Waals surface area contributed by atoms with E-state index in [4.69, 9.17) is 10.6 Å². The molecule has 4 fully saturated rings. The molecule has 0 radical (unpaired) electrons. The van der Waals surface area contributed by atoms with E-state index >= 15 is 0 Å². The quantitative estimate of drug-likeness (QED) is 0.603. The fraction of sp³-hybridized carbons (Fsp3) is 1.00. The third kappa shape index (κ3) is 1.63. The van der Waals surface area contributed by atoms with Gasteiger partial charge in [-0.2, -0.15) is 0 Å². The van der Waals surface area contributed by atoms with Crippen molar-refractivity contribution in [3.63, 3.8) is 0 Å². The summed E-state index contributed by atoms with van der Waals surface area (Å²) in [6.07, 6.45) is 5.92. The minimum Gasteiger partial charge on any atom is -0.330 e. The zero-order chi connectivity index (χ0) is 12.3. The topological polar surface area (TPSA) is 78.4 Å². The number of nitrogens with zero attached hydrogens (tertiary/aromatic N) is 1. The first-order valence-corrected chi connectivity index (χ1v) is 6.42. The molecule has 0 saturated heterocycles. The van der Waals surface area contributed by atoms with Gasteiger partial charge in [-0.3, -0.25) is 0 Å². The van der Waals surface area contributed by atoms with E-state index in [1.54, 1.807) is 0 Å². The molecule has 96 valence electrons. The summed E-state index contributed by atoms with van der Waals surface area (Å²) in [5, 5.41) is 10.1. The highest BCUT2D eigenvalue weighted by Gasteiger charge is 2.63. The molecule has 4 atom stereocenters. The maximum absolute atomic E-state index is 10.7. The summed E-state index contributed by atoms with van der Waals surface area (Å²) in [6.45, 7) is 2.89. The summed E-state index contributed by atoms with van der Waals surface area (Å²) in [7, 11) is 0. The predicted octanol–water partition coefficient (Wildman–Crippen LogP) is 1.88. The normalized spacial score (nSPS) is 51.5. The van der Waals surface area contributed by atoms with Crippen molar-refractivity contribution in [1.29, 1.82) is 0 Å². The molecule has 0 heterocycles. The summed E-state index contributed by atoms with van der Waals surface area (Å²) < 4.78 is 0. The lowest BCUT2D eigenvalue weighted by Gasteiger charge is -2.64. The van der Waals surface area contributed by atoms with Crippen molar-refractivity contribution in [2.75, 3.05) is 6.54 Å². The molecule has 0 aliphatic heterocycles. The fourth-order valence-electron chi connectivity index (χ4n) is 5.53. The van der Waals surface area contributed by atoms with Gasteiger partial charge in [0.15, 0.2) is 0 Å². The predicted molar refractivity (Wildman–Crippen MR) is 61.6 cm³/mol. The van der Waals surface area contributed by atoms with Crippen LogP contribution >= 0.6 is 0 Å². The second kappa shape index (κ2) is 3.13. The smallest absolute Gasteiger partial charge is 0.295 e. The molecule has 5 nitrogen and oxygen atoms in total. The van der Waals surface area contributed by atoms with E-state index in [2.05, 4.69) is 6.92 Å². The molecule has 0 aromatic heterocycles. The third-order valence-electron chi connectivity index (χ3n) is 5.11. The average Bonchev–Trinajstić information content (AvgIpc) is 2.11. The second-order valence-corrected chi connectivity index (χ2v) is 7.02. The van der Waals surface area contributed by atoms with Crippen LogP contribution in [0.1, 0.15) is 45.4 Å². The van der Waals surface area contributed by atoms with Crippen LogP contribution in [-0.4, -0.2) is 17.2 Å².